The van der Waals surface area contributed by atoms with Gasteiger partial charge in [0.25, 0.3) is 0 Å². The van der Waals surface area contributed by atoms with Crippen LogP contribution in [0.15, 0.2) is 36.4 Å². The molecule has 20 heavy (non-hydrogen) atoms. The molecule has 0 radical (unpaired) electrons. The average molecular weight is 290 g/mol. The first-order valence-electron chi connectivity index (χ1n) is 6.16. The summed E-state index contributed by atoms with van der Waals surface area (Å²) in [7, 11) is 0. The van der Waals surface area contributed by atoms with Crippen LogP contribution in [0.2, 0.25) is 5.02 Å². The Morgan fingerprint density at radius 1 is 1.10 bits per heavy atom. The van der Waals surface area contributed by atoms with Gasteiger partial charge in [-0.05, 0) is 43.2 Å². The molecule has 4 N–H and O–H groups in total. The van der Waals surface area contributed by atoms with E-state index in [9.17, 15) is 4.79 Å². The fourth-order valence-corrected chi connectivity index (χ4v) is 1.99. The molecule has 2 rings (SSSR count). The molecule has 0 atom stereocenters. The van der Waals surface area contributed by atoms with Gasteiger partial charge in [0.15, 0.2) is 0 Å². The van der Waals surface area contributed by atoms with Crippen LogP contribution >= 0.6 is 11.6 Å². The number of amides is 2. The van der Waals surface area contributed by atoms with Crippen LogP contribution in [0, 0.1) is 13.8 Å². The van der Waals surface area contributed by atoms with Gasteiger partial charge in [-0.2, -0.15) is 0 Å². The Morgan fingerprint density at radius 2 is 1.85 bits per heavy atom. The Balaban J connectivity index is 2.11. The molecule has 2 aromatic rings. The fraction of sp³-hybridized carbons (Fsp3) is 0.133. The third kappa shape index (κ3) is 3.22. The molecule has 0 aromatic heterocycles. The summed E-state index contributed by atoms with van der Waals surface area (Å²) >= 11 is 6.02. The topological polar surface area (TPSA) is 67.2 Å². The molecule has 2 amide bonds. The van der Waals surface area contributed by atoms with Crippen LogP contribution < -0.4 is 16.4 Å². The number of anilines is 3. The highest BCUT2D eigenvalue weighted by molar-refractivity contribution is 6.31. The lowest BCUT2D eigenvalue weighted by Crippen LogP contribution is -2.20. The highest BCUT2D eigenvalue weighted by Crippen LogP contribution is 2.23. The summed E-state index contributed by atoms with van der Waals surface area (Å²) in [5.41, 5.74) is 9.48. The maximum absolute atomic E-state index is 12.0. The summed E-state index contributed by atoms with van der Waals surface area (Å²) in [6.07, 6.45) is 0. The largest absolute Gasteiger partial charge is 0.397 e. The lowest BCUT2D eigenvalue weighted by Gasteiger charge is -2.12. The Hall–Kier alpha value is -2.20. The highest BCUT2D eigenvalue weighted by Gasteiger charge is 2.08. The van der Waals surface area contributed by atoms with E-state index in [1.54, 1.807) is 18.2 Å². The van der Waals surface area contributed by atoms with Gasteiger partial charge in [-0.25, -0.2) is 4.79 Å². The number of halogens is 1. The van der Waals surface area contributed by atoms with E-state index in [1.807, 2.05) is 32.0 Å². The zero-order valence-electron chi connectivity index (χ0n) is 11.3. The molecule has 4 nitrogen and oxygen atoms in total. The second kappa shape index (κ2) is 5.84. The summed E-state index contributed by atoms with van der Waals surface area (Å²) in [5.74, 6) is 0. The standard InChI is InChI=1S/C15H16ClN3O/c1-9-6-7-11(8-12(9)16)18-15(20)19-14-10(2)4-3-5-13(14)17/h3-8H,17H2,1-2H3,(H2,18,19,20). The van der Waals surface area contributed by atoms with E-state index >= 15 is 0 Å². The van der Waals surface area contributed by atoms with Crippen LogP contribution in [-0.4, -0.2) is 6.03 Å². The summed E-state index contributed by atoms with van der Waals surface area (Å²) in [6.45, 7) is 3.79. The Morgan fingerprint density at radius 3 is 2.50 bits per heavy atom. The molecule has 0 unspecified atom stereocenters. The van der Waals surface area contributed by atoms with Crippen LogP contribution in [0.5, 0.6) is 0 Å². The zero-order chi connectivity index (χ0) is 14.7. The minimum absolute atomic E-state index is 0.356. The summed E-state index contributed by atoms with van der Waals surface area (Å²) < 4.78 is 0. The van der Waals surface area contributed by atoms with Crippen molar-refractivity contribution >= 4 is 34.7 Å². The van der Waals surface area contributed by atoms with Gasteiger partial charge in [-0.3, -0.25) is 0 Å². The number of benzene rings is 2. The van der Waals surface area contributed by atoms with Crippen molar-refractivity contribution in [3.8, 4) is 0 Å². The SMILES string of the molecule is Cc1ccc(NC(=O)Nc2c(C)cccc2N)cc1Cl. The quantitative estimate of drug-likeness (QED) is 0.726. The summed E-state index contributed by atoms with van der Waals surface area (Å²) in [6, 6.07) is 10.5. The number of rotatable bonds is 2. The van der Waals surface area contributed by atoms with Crippen molar-refractivity contribution in [1.29, 1.82) is 0 Å². The molecular weight excluding hydrogens is 274 g/mol. The molecule has 5 heteroatoms. The molecule has 0 spiro atoms. The zero-order valence-corrected chi connectivity index (χ0v) is 12.1. The number of hydrogen-bond acceptors (Lipinski definition) is 2. The number of nitrogens with one attached hydrogen (secondary N) is 2. The molecule has 0 heterocycles. The molecule has 0 aliphatic rings. The second-order valence-corrected chi connectivity index (χ2v) is 4.99. The Kier molecular flexibility index (Phi) is 4.15. The number of carbonyl (C=O) groups excluding carboxylic acids is 1. The van der Waals surface area contributed by atoms with Crippen LogP contribution in [0.4, 0.5) is 21.9 Å². The molecular formula is C15H16ClN3O. The first kappa shape index (κ1) is 14.2. The summed E-state index contributed by atoms with van der Waals surface area (Å²) in [5, 5.41) is 6.08. The number of nitrogen functional groups attached to an aromatic ring is 1. The highest BCUT2D eigenvalue weighted by atomic mass is 35.5. The Bertz CT molecular complexity index is 635. The minimum Gasteiger partial charge on any atom is -0.397 e. The smallest absolute Gasteiger partial charge is 0.323 e. The normalized spacial score (nSPS) is 10.2. The van der Waals surface area contributed by atoms with Crippen molar-refractivity contribution < 1.29 is 4.79 Å². The van der Waals surface area contributed by atoms with Gasteiger partial charge in [-0.15, -0.1) is 0 Å². The van der Waals surface area contributed by atoms with Crippen molar-refractivity contribution in [2.75, 3.05) is 16.4 Å². The van der Waals surface area contributed by atoms with Gasteiger partial charge in [-0.1, -0.05) is 29.8 Å². The van der Waals surface area contributed by atoms with Crippen LogP contribution in [0.1, 0.15) is 11.1 Å². The van der Waals surface area contributed by atoms with E-state index in [2.05, 4.69) is 10.6 Å². The van der Waals surface area contributed by atoms with E-state index in [0.717, 1.165) is 11.1 Å². The fourth-order valence-electron chi connectivity index (χ4n) is 1.81. The van der Waals surface area contributed by atoms with Crippen molar-refractivity contribution in [2.45, 2.75) is 13.8 Å². The van der Waals surface area contributed by atoms with Gasteiger partial charge in [0.1, 0.15) is 0 Å². The molecule has 0 aliphatic heterocycles. The lowest BCUT2D eigenvalue weighted by atomic mass is 10.1. The van der Waals surface area contributed by atoms with Gasteiger partial charge in [0.2, 0.25) is 0 Å². The van der Waals surface area contributed by atoms with Crippen molar-refractivity contribution in [3.63, 3.8) is 0 Å². The predicted molar refractivity (Wildman–Crippen MR) is 84.4 cm³/mol. The van der Waals surface area contributed by atoms with Gasteiger partial charge in [0.05, 0.1) is 11.4 Å². The Labute approximate surface area is 122 Å². The molecule has 0 saturated carbocycles. The van der Waals surface area contributed by atoms with E-state index in [0.29, 0.717) is 22.1 Å². The first-order chi connectivity index (χ1) is 9.47. The first-order valence-corrected chi connectivity index (χ1v) is 6.54. The van der Waals surface area contributed by atoms with Gasteiger partial charge >= 0.3 is 6.03 Å². The monoisotopic (exact) mass is 289 g/mol. The third-order valence-corrected chi connectivity index (χ3v) is 3.38. The molecule has 0 saturated heterocycles. The van der Waals surface area contributed by atoms with E-state index < -0.39 is 0 Å². The number of carbonyl (C=O) groups is 1. The molecule has 104 valence electrons. The van der Waals surface area contributed by atoms with Crippen LogP contribution in [0.3, 0.4) is 0 Å². The number of aryl methyl sites for hydroxylation is 2. The summed E-state index contributed by atoms with van der Waals surface area (Å²) in [4.78, 5) is 12.0. The van der Waals surface area contributed by atoms with Crippen molar-refractivity contribution in [2.24, 2.45) is 0 Å². The second-order valence-electron chi connectivity index (χ2n) is 4.58. The molecule has 2 aromatic carbocycles. The van der Waals surface area contributed by atoms with Crippen LogP contribution in [0.25, 0.3) is 0 Å². The van der Waals surface area contributed by atoms with E-state index in [-0.39, 0.29) is 6.03 Å². The molecule has 0 fully saturated rings. The van der Waals surface area contributed by atoms with E-state index in [4.69, 9.17) is 17.3 Å². The van der Waals surface area contributed by atoms with Crippen LogP contribution in [-0.2, 0) is 0 Å². The van der Waals surface area contributed by atoms with E-state index in [1.165, 1.54) is 0 Å². The molecule has 0 bridgehead atoms. The predicted octanol–water partition coefficient (Wildman–Crippen LogP) is 4.18. The van der Waals surface area contributed by atoms with Crippen molar-refractivity contribution in [3.05, 3.63) is 52.5 Å². The average Bonchev–Trinajstić information content (AvgIpc) is 2.38. The maximum atomic E-state index is 12.0. The number of urea groups is 1. The number of nitrogens with two attached hydrogens (primary N) is 1. The maximum Gasteiger partial charge on any atom is 0.323 e. The molecule has 0 aliphatic carbocycles. The minimum atomic E-state index is -0.356. The lowest BCUT2D eigenvalue weighted by molar-refractivity contribution is 0.262. The number of hydrogen-bond donors (Lipinski definition) is 3. The van der Waals surface area contributed by atoms with Gasteiger partial charge in [0, 0.05) is 10.7 Å². The number of para-hydroxylation sites is 1. The third-order valence-electron chi connectivity index (χ3n) is 2.97. The van der Waals surface area contributed by atoms with Gasteiger partial charge < -0.3 is 16.4 Å². The van der Waals surface area contributed by atoms with Crippen molar-refractivity contribution in [1.82, 2.24) is 0 Å².